The number of para-hydroxylation sites is 1. The highest BCUT2D eigenvalue weighted by molar-refractivity contribution is 5.54. The number of hydrogen-bond acceptors (Lipinski definition) is 2. The molecule has 1 aliphatic rings. The number of fused-ring (bicyclic) bond motifs is 1. The molecule has 1 atom stereocenters. The average Bonchev–Trinajstić information content (AvgIpc) is 2.54. The lowest BCUT2D eigenvalue weighted by Gasteiger charge is -2.35. The monoisotopic (exact) mass is 300 g/mol. The van der Waals surface area contributed by atoms with E-state index in [0.29, 0.717) is 13.1 Å². The van der Waals surface area contributed by atoms with E-state index in [1.807, 2.05) is 29.2 Å². The van der Waals surface area contributed by atoms with Crippen molar-refractivity contribution in [1.29, 1.82) is 0 Å². The number of nitrogens with one attached hydrogen (secondary N) is 1. The number of benzene rings is 1. The minimum Gasteiger partial charge on any atom is -0.369 e. The SMILES string of the molecule is CC(C)(C)C1CN(CCC(F)(F)F)c2ccccc2CN1. The molecule has 0 spiro atoms. The van der Waals surface area contributed by atoms with Crippen molar-refractivity contribution in [2.75, 3.05) is 18.0 Å². The van der Waals surface area contributed by atoms with E-state index in [2.05, 4.69) is 26.1 Å². The summed E-state index contributed by atoms with van der Waals surface area (Å²) in [4.78, 5) is 1.87. The third-order valence-electron chi connectivity index (χ3n) is 3.98. The molecule has 2 rings (SSSR count). The Morgan fingerprint density at radius 3 is 2.48 bits per heavy atom. The Labute approximate surface area is 124 Å². The van der Waals surface area contributed by atoms with Gasteiger partial charge in [0, 0.05) is 31.4 Å². The summed E-state index contributed by atoms with van der Waals surface area (Å²) in [5.41, 5.74) is 1.98. The maximum Gasteiger partial charge on any atom is 0.390 e. The van der Waals surface area contributed by atoms with Crippen molar-refractivity contribution in [3.05, 3.63) is 29.8 Å². The second-order valence-corrected chi connectivity index (χ2v) is 6.74. The van der Waals surface area contributed by atoms with E-state index in [0.717, 1.165) is 11.3 Å². The predicted molar refractivity (Wildman–Crippen MR) is 79.4 cm³/mol. The molecule has 0 radical (unpaired) electrons. The highest BCUT2D eigenvalue weighted by Crippen LogP contribution is 2.30. The summed E-state index contributed by atoms with van der Waals surface area (Å²) in [7, 11) is 0. The van der Waals surface area contributed by atoms with E-state index in [9.17, 15) is 13.2 Å². The van der Waals surface area contributed by atoms with Crippen molar-refractivity contribution in [2.45, 2.75) is 46.0 Å². The van der Waals surface area contributed by atoms with Gasteiger partial charge in [-0.3, -0.25) is 0 Å². The maximum atomic E-state index is 12.6. The summed E-state index contributed by atoms with van der Waals surface area (Å²) >= 11 is 0. The molecule has 118 valence electrons. The molecule has 0 bridgehead atoms. The molecule has 1 N–H and O–H groups in total. The molecule has 1 aromatic rings. The molecule has 2 nitrogen and oxygen atoms in total. The van der Waals surface area contributed by atoms with E-state index >= 15 is 0 Å². The van der Waals surface area contributed by atoms with Crippen LogP contribution in [0.15, 0.2) is 24.3 Å². The van der Waals surface area contributed by atoms with Crippen LogP contribution in [0.1, 0.15) is 32.8 Å². The van der Waals surface area contributed by atoms with Gasteiger partial charge >= 0.3 is 6.18 Å². The number of anilines is 1. The van der Waals surface area contributed by atoms with Crippen LogP contribution >= 0.6 is 0 Å². The number of rotatable bonds is 2. The standard InChI is InChI=1S/C16H23F3N2/c1-15(2,3)14-11-21(9-8-16(17,18)19)13-7-5-4-6-12(13)10-20-14/h4-7,14,20H,8-11H2,1-3H3. The maximum absolute atomic E-state index is 12.6. The molecule has 0 saturated carbocycles. The second-order valence-electron chi connectivity index (χ2n) is 6.74. The van der Waals surface area contributed by atoms with Gasteiger partial charge in [-0.2, -0.15) is 13.2 Å². The summed E-state index contributed by atoms with van der Waals surface area (Å²) < 4.78 is 37.7. The van der Waals surface area contributed by atoms with Gasteiger partial charge in [0.15, 0.2) is 0 Å². The molecular weight excluding hydrogens is 277 g/mol. The Hall–Kier alpha value is -1.23. The third kappa shape index (κ3) is 4.37. The Bertz CT molecular complexity index is 477. The lowest BCUT2D eigenvalue weighted by Crippen LogP contribution is -2.47. The van der Waals surface area contributed by atoms with Gasteiger partial charge < -0.3 is 10.2 Å². The third-order valence-corrected chi connectivity index (χ3v) is 3.98. The average molecular weight is 300 g/mol. The van der Waals surface area contributed by atoms with Gasteiger partial charge in [0.05, 0.1) is 6.42 Å². The van der Waals surface area contributed by atoms with Crippen molar-refractivity contribution >= 4 is 5.69 Å². The fraction of sp³-hybridized carbons (Fsp3) is 0.625. The zero-order valence-electron chi connectivity index (χ0n) is 12.8. The van der Waals surface area contributed by atoms with Crippen LogP contribution in [0.3, 0.4) is 0 Å². The molecule has 1 unspecified atom stereocenters. The number of nitrogens with zero attached hydrogens (tertiary/aromatic N) is 1. The first-order chi connectivity index (χ1) is 9.67. The summed E-state index contributed by atoms with van der Waals surface area (Å²) in [6.45, 7) is 7.64. The first-order valence-corrected chi connectivity index (χ1v) is 7.30. The molecule has 0 saturated heterocycles. The van der Waals surface area contributed by atoms with Crippen molar-refractivity contribution in [3.8, 4) is 0 Å². The smallest absolute Gasteiger partial charge is 0.369 e. The van der Waals surface area contributed by atoms with Gasteiger partial charge in [0.1, 0.15) is 0 Å². The van der Waals surface area contributed by atoms with Crippen molar-refractivity contribution < 1.29 is 13.2 Å². The van der Waals surface area contributed by atoms with Gasteiger partial charge in [-0.25, -0.2) is 0 Å². The molecule has 0 amide bonds. The highest BCUT2D eigenvalue weighted by Gasteiger charge is 2.32. The number of hydrogen-bond donors (Lipinski definition) is 1. The van der Waals surface area contributed by atoms with E-state index < -0.39 is 12.6 Å². The van der Waals surface area contributed by atoms with E-state index in [-0.39, 0.29) is 18.0 Å². The van der Waals surface area contributed by atoms with E-state index in [1.54, 1.807) is 0 Å². The van der Waals surface area contributed by atoms with Crippen LogP contribution in [0, 0.1) is 5.41 Å². The van der Waals surface area contributed by atoms with Crippen LogP contribution < -0.4 is 10.2 Å². The second kappa shape index (κ2) is 5.87. The van der Waals surface area contributed by atoms with Gasteiger partial charge in [0.2, 0.25) is 0 Å². The zero-order chi connectivity index (χ0) is 15.7. The van der Waals surface area contributed by atoms with Crippen molar-refractivity contribution in [1.82, 2.24) is 5.32 Å². The topological polar surface area (TPSA) is 15.3 Å². The summed E-state index contributed by atoms with van der Waals surface area (Å²) in [5, 5.41) is 3.48. The molecule has 1 aromatic carbocycles. The van der Waals surface area contributed by atoms with Crippen LogP contribution in [0.4, 0.5) is 18.9 Å². The van der Waals surface area contributed by atoms with Gasteiger partial charge in [-0.1, -0.05) is 39.0 Å². The zero-order valence-corrected chi connectivity index (χ0v) is 12.8. The van der Waals surface area contributed by atoms with Crippen LogP contribution in [0.2, 0.25) is 0 Å². The lowest BCUT2D eigenvalue weighted by atomic mass is 9.86. The Balaban J connectivity index is 2.23. The molecule has 0 aromatic heterocycles. The van der Waals surface area contributed by atoms with Crippen LogP contribution in [0.5, 0.6) is 0 Å². The van der Waals surface area contributed by atoms with Gasteiger partial charge in [0.25, 0.3) is 0 Å². The molecule has 1 heterocycles. The van der Waals surface area contributed by atoms with Crippen molar-refractivity contribution in [2.24, 2.45) is 5.41 Å². The van der Waals surface area contributed by atoms with Crippen LogP contribution in [-0.2, 0) is 6.54 Å². The van der Waals surface area contributed by atoms with Crippen LogP contribution in [-0.4, -0.2) is 25.3 Å². The number of alkyl halides is 3. The fourth-order valence-corrected chi connectivity index (χ4v) is 2.64. The molecule has 0 fully saturated rings. The predicted octanol–water partition coefficient (Wildman–Crippen LogP) is 3.96. The number of halogens is 3. The quantitative estimate of drug-likeness (QED) is 0.889. The fourth-order valence-electron chi connectivity index (χ4n) is 2.64. The highest BCUT2D eigenvalue weighted by atomic mass is 19.4. The Morgan fingerprint density at radius 1 is 1.19 bits per heavy atom. The first kappa shape index (κ1) is 16.1. The Morgan fingerprint density at radius 2 is 1.86 bits per heavy atom. The minimum atomic E-state index is -4.12. The molecule has 5 heteroatoms. The van der Waals surface area contributed by atoms with Gasteiger partial charge in [-0.05, 0) is 17.0 Å². The molecule has 1 aliphatic heterocycles. The van der Waals surface area contributed by atoms with E-state index in [4.69, 9.17) is 0 Å². The first-order valence-electron chi connectivity index (χ1n) is 7.30. The lowest BCUT2D eigenvalue weighted by molar-refractivity contribution is -0.132. The van der Waals surface area contributed by atoms with E-state index in [1.165, 1.54) is 0 Å². The van der Waals surface area contributed by atoms with Crippen molar-refractivity contribution in [3.63, 3.8) is 0 Å². The Kier molecular flexibility index (Phi) is 4.51. The summed E-state index contributed by atoms with van der Waals surface area (Å²) in [5.74, 6) is 0. The molecule has 0 aliphatic carbocycles. The normalized spacial score (nSPS) is 20.1. The largest absolute Gasteiger partial charge is 0.390 e. The summed E-state index contributed by atoms with van der Waals surface area (Å²) in [6.07, 6.45) is -4.90. The van der Waals surface area contributed by atoms with Crippen LogP contribution in [0.25, 0.3) is 0 Å². The molecular formula is C16H23F3N2. The minimum absolute atomic E-state index is 0.00146. The van der Waals surface area contributed by atoms with Gasteiger partial charge in [-0.15, -0.1) is 0 Å². The molecule has 21 heavy (non-hydrogen) atoms. The summed E-state index contributed by atoms with van der Waals surface area (Å²) in [6, 6.07) is 7.86.